The normalized spacial score (nSPS) is 17.0. The van der Waals surface area contributed by atoms with Gasteiger partial charge in [0.2, 0.25) is 0 Å². The van der Waals surface area contributed by atoms with E-state index in [1.165, 1.54) is 19.1 Å². The van der Waals surface area contributed by atoms with Crippen molar-refractivity contribution in [1.82, 2.24) is 0 Å². The Bertz CT molecular complexity index is 916. The summed E-state index contributed by atoms with van der Waals surface area (Å²) in [6.07, 6.45) is -1.58. The van der Waals surface area contributed by atoms with Crippen molar-refractivity contribution >= 4 is 35.0 Å². The number of cyclic esters (lactones) is 2. The second-order valence-corrected chi connectivity index (χ2v) is 5.85. The fourth-order valence-corrected chi connectivity index (χ4v) is 2.41. The lowest BCUT2D eigenvalue weighted by molar-refractivity contribution is -0.155. The monoisotopic (exact) mass is 390 g/mol. The second kappa shape index (κ2) is 8.46. The molecule has 28 heavy (non-hydrogen) atoms. The molecule has 0 fully saturated rings. The van der Waals surface area contributed by atoms with Gasteiger partial charge in [0.05, 0.1) is 6.61 Å². The van der Waals surface area contributed by atoms with Gasteiger partial charge in [-0.3, -0.25) is 9.59 Å². The SMILES string of the molecule is CC(=O)C1=C(O)/C(=C(\C)Nc2cccc(NC(=O)C(O)CO)c2)C(=O)OC1=O. The number of carbonyl (C=O) groups is 4. The molecule has 1 aliphatic rings. The van der Waals surface area contributed by atoms with E-state index in [1.807, 2.05) is 0 Å². The summed E-state index contributed by atoms with van der Waals surface area (Å²) >= 11 is 0. The van der Waals surface area contributed by atoms with Crippen LogP contribution in [0.25, 0.3) is 0 Å². The number of aliphatic hydroxyl groups is 3. The fourth-order valence-electron chi connectivity index (χ4n) is 2.41. The van der Waals surface area contributed by atoms with Crippen molar-refractivity contribution < 1.29 is 39.2 Å². The average Bonchev–Trinajstić information content (AvgIpc) is 2.60. The number of esters is 2. The Morgan fingerprint density at radius 3 is 2.29 bits per heavy atom. The number of benzene rings is 1. The van der Waals surface area contributed by atoms with Crippen molar-refractivity contribution in [3.63, 3.8) is 0 Å². The predicted octanol–water partition coefficient (Wildman–Crippen LogP) is 0.149. The maximum atomic E-state index is 12.0. The Morgan fingerprint density at radius 2 is 1.71 bits per heavy atom. The summed E-state index contributed by atoms with van der Waals surface area (Å²) in [6.45, 7) is 1.73. The molecule has 10 nitrogen and oxygen atoms in total. The standard InChI is InChI=1S/C18H18N2O8/c1-8(13-15(24)14(9(2)22)18(27)28-17(13)26)19-10-4-3-5-11(6-10)20-16(25)12(23)7-21/h3-6,12,19,21,23-24H,7H2,1-2H3,(H,20,25)/b13-8-. The van der Waals surface area contributed by atoms with Gasteiger partial charge >= 0.3 is 11.9 Å². The maximum absolute atomic E-state index is 12.0. The van der Waals surface area contributed by atoms with Crippen LogP contribution in [0.15, 0.2) is 46.9 Å². The number of carbonyl (C=O) groups excluding carboxylic acids is 4. The Kier molecular flexibility index (Phi) is 6.29. The van der Waals surface area contributed by atoms with E-state index in [9.17, 15) is 29.4 Å². The Labute approximate surface area is 159 Å². The highest BCUT2D eigenvalue weighted by Crippen LogP contribution is 2.26. The highest BCUT2D eigenvalue weighted by Gasteiger charge is 2.36. The summed E-state index contributed by atoms with van der Waals surface area (Å²) in [4.78, 5) is 46.7. The lowest BCUT2D eigenvalue weighted by atomic mass is 10.0. The van der Waals surface area contributed by atoms with Gasteiger partial charge < -0.3 is 30.7 Å². The molecule has 1 aliphatic heterocycles. The Hall–Kier alpha value is -3.50. The van der Waals surface area contributed by atoms with E-state index in [1.54, 1.807) is 12.1 Å². The molecule has 1 amide bonds. The third kappa shape index (κ3) is 4.42. The zero-order valence-corrected chi connectivity index (χ0v) is 15.0. The smallest absolute Gasteiger partial charge is 0.353 e. The zero-order valence-electron chi connectivity index (χ0n) is 15.0. The number of hydrogen-bond donors (Lipinski definition) is 5. The van der Waals surface area contributed by atoms with Crippen LogP contribution in [0.3, 0.4) is 0 Å². The molecule has 148 valence electrons. The number of anilines is 2. The minimum Gasteiger partial charge on any atom is -0.506 e. The summed E-state index contributed by atoms with van der Waals surface area (Å²) in [5.74, 6) is -4.69. The van der Waals surface area contributed by atoms with Gasteiger partial charge in [-0.2, -0.15) is 0 Å². The van der Waals surface area contributed by atoms with Crippen LogP contribution in [-0.2, 0) is 23.9 Å². The van der Waals surface area contributed by atoms with Crippen LogP contribution in [0.5, 0.6) is 0 Å². The number of nitrogens with one attached hydrogen (secondary N) is 2. The quantitative estimate of drug-likeness (QED) is 0.197. The number of aliphatic hydroxyl groups excluding tert-OH is 3. The van der Waals surface area contributed by atoms with Crippen LogP contribution in [0.2, 0.25) is 0 Å². The summed E-state index contributed by atoms with van der Waals surface area (Å²) < 4.78 is 4.49. The summed E-state index contributed by atoms with van der Waals surface area (Å²) in [5, 5.41) is 33.4. The first kappa shape index (κ1) is 20.8. The minimum atomic E-state index is -1.58. The summed E-state index contributed by atoms with van der Waals surface area (Å²) in [6, 6.07) is 6.11. The molecule has 10 heteroatoms. The number of ketones is 1. The molecule has 1 unspecified atom stereocenters. The molecule has 2 rings (SSSR count). The van der Waals surface area contributed by atoms with Gasteiger partial charge in [0, 0.05) is 17.1 Å². The number of rotatable bonds is 6. The second-order valence-electron chi connectivity index (χ2n) is 5.85. The average molecular weight is 390 g/mol. The largest absolute Gasteiger partial charge is 0.506 e. The van der Waals surface area contributed by atoms with Crippen molar-refractivity contribution in [2.75, 3.05) is 17.2 Å². The number of Topliss-reactive ketones (excluding diaryl/α,β-unsaturated/α-hetero) is 1. The van der Waals surface area contributed by atoms with Crippen LogP contribution in [-0.4, -0.2) is 51.7 Å². The molecule has 0 spiro atoms. The molecular formula is C18H18N2O8. The molecule has 0 aromatic heterocycles. The summed E-state index contributed by atoms with van der Waals surface area (Å²) in [5.41, 5.74) is -0.258. The van der Waals surface area contributed by atoms with Crippen molar-refractivity contribution in [3.8, 4) is 0 Å². The van der Waals surface area contributed by atoms with Crippen LogP contribution in [0.4, 0.5) is 11.4 Å². The first-order valence-electron chi connectivity index (χ1n) is 8.04. The molecule has 0 saturated heterocycles. The minimum absolute atomic E-state index is 0.0904. The van der Waals surface area contributed by atoms with E-state index in [0.29, 0.717) is 5.69 Å². The molecule has 1 aromatic carbocycles. The third-order valence-electron chi connectivity index (χ3n) is 3.73. The lowest BCUT2D eigenvalue weighted by Crippen LogP contribution is -2.30. The van der Waals surface area contributed by atoms with Gasteiger partial charge in [-0.05, 0) is 32.0 Å². The molecule has 1 aromatic rings. The number of amides is 1. The van der Waals surface area contributed by atoms with Crippen LogP contribution in [0, 0.1) is 0 Å². The van der Waals surface area contributed by atoms with Crippen LogP contribution >= 0.6 is 0 Å². The van der Waals surface area contributed by atoms with Gasteiger partial charge in [0.15, 0.2) is 11.9 Å². The molecular weight excluding hydrogens is 372 g/mol. The first-order valence-corrected chi connectivity index (χ1v) is 8.04. The van der Waals surface area contributed by atoms with E-state index in [2.05, 4.69) is 15.4 Å². The number of hydrogen-bond acceptors (Lipinski definition) is 9. The van der Waals surface area contributed by atoms with E-state index in [-0.39, 0.29) is 17.0 Å². The van der Waals surface area contributed by atoms with Crippen molar-refractivity contribution in [2.24, 2.45) is 0 Å². The van der Waals surface area contributed by atoms with Gasteiger partial charge in [0.1, 0.15) is 16.9 Å². The molecule has 0 aliphatic carbocycles. The molecule has 5 N–H and O–H groups in total. The summed E-state index contributed by atoms with van der Waals surface area (Å²) in [7, 11) is 0. The zero-order chi connectivity index (χ0) is 21.0. The van der Waals surface area contributed by atoms with E-state index in [0.717, 1.165) is 6.92 Å². The first-order chi connectivity index (χ1) is 13.1. The van der Waals surface area contributed by atoms with Crippen LogP contribution < -0.4 is 10.6 Å². The van der Waals surface area contributed by atoms with Crippen molar-refractivity contribution in [1.29, 1.82) is 0 Å². The molecule has 0 saturated carbocycles. The highest BCUT2D eigenvalue weighted by molar-refractivity contribution is 6.23. The van der Waals surface area contributed by atoms with E-state index in [4.69, 9.17) is 5.11 Å². The lowest BCUT2D eigenvalue weighted by Gasteiger charge is -2.18. The predicted molar refractivity (Wildman–Crippen MR) is 95.9 cm³/mol. The van der Waals surface area contributed by atoms with Gasteiger partial charge in [-0.25, -0.2) is 9.59 Å². The Morgan fingerprint density at radius 1 is 1.11 bits per heavy atom. The molecule has 1 heterocycles. The molecule has 0 bridgehead atoms. The highest BCUT2D eigenvalue weighted by atomic mass is 16.6. The molecule has 1 atom stereocenters. The van der Waals surface area contributed by atoms with E-state index < -0.39 is 47.7 Å². The fraction of sp³-hybridized carbons (Fsp3) is 0.222. The number of ether oxygens (including phenoxy) is 1. The van der Waals surface area contributed by atoms with Crippen LogP contribution in [0.1, 0.15) is 13.8 Å². The van der Waals surface area contributed by atoms with Gasteiger partial charge in [0.25, 0.3) is 5.91 Å². The number of allylic oxidation sites excluding steroid dienone is 1. The van der Waals surface area contributed by atoms with Crippen molar-refractivity contribution in [2.45, 2.75) is 20.0 Å². The molecule has 0 radical (unpaired) electrons. The van der Waals surface area contributed by atoms with Gasteiger partial charge in [-0.15, -0.1) is 0 Å². The maximum Gasteiger partial charge on any atom is 0.353 e. The van der Waals surface area contributed by atoms with Crippen molar-refractivity contribution in [3.05, 3.63) is 46.9 Å². The third-order valence-corrected chi connectivity index (χ3v) is 3.73. The van der Waals surface area contributed by atoms with E-state index >= 15 is 0 Å². The Balaban J connectivity index is 2.33. The topological polar surface area (TPSA) is 162 Å². The van der Waals surface area contributed by atoms with Gasteiger partial charge in [-0.1, -0.05) is 6.07 Å².